The molecule has 4 aromatic rings. The van der Waals surface area contributed by atoms with Gasteiger partial charge in [0.05, 0.1) is 11.4 Å². The largest absolute Gasteiger partial charge is 0.299 e. The minimum absolute atomic E-state index is 0.229. The molecule has 2 nitrogen and oxygen atoms in total. The van der Waals surface area contributed by atoms with Crippen LogP contribution in [0.4, 0.5) is 0 Å². The van der Waals surface area contributed by atoms with Crippen molar-refractivity contribution in [2.24, 2.45) is 0 Å². The van der Waals surface area contributed by atoms with Crippen molar-refractivity contribution in [3.63, 3.8) is 0 Å². The monoisotopic (exact) mass is 410 g/mol. The van der Waals surface area contributed by atoms with Gasteiger partial charge in [-0.05, 0) is 63.2 Å². The van der Waals surface area contributed by atoms with Gasteiger partial charge in [0, 0.05) is 5.57 Å². The van der Waals surface area contributed by atoms with Crippen molar-refractivity contribution in [1.29, 1.82) is 10.8 Å². The van der Waals surface area contributed by atoms with E-state index < -0.39 is 0 Å². The zero-order chi connectivity index (χ0) is 21.9. The van der Waals surface area contributed by atoms with Crippen molar-refractivity contribution in [3.05, 3.63) is 132 Å². The van der Waals surface area contributed by atoms with Gasteiger partial charge >= 0.3 is 0 Å². The number of rotatable bonds is 4. The Bertz CT molecular complexity index is 1380. The van der Waals surface area contributed by atoms with Crippen LogP contribution in [0.15, 0.2) is 121 Å². The Hall–Kier alpha value is -4.30. The van der Waals surface area contributed by atoms with E-state index in [-0.39, 0.29) is 11.4 Å². The van der Waals surface area contributed by atoms with Gasteiger partial charge in [0.25, 0.3) is 0 Å². The number of hydrogen-bond acceptors (Lipinski definition) is 2. The molecule has 0 radical (unpaired) electrons. The lowest BCUT2D eigenvalue weighted by Gasteiger charge is -2.18. The second-order valence-corrected chi connectivity index (χ2v) is 7.84. The van der Waals surface area contributed by atoms with E-state index in [4.69, 9.17) is 10.8 Å². The predicted molar refractivity (Wildman–Crippen MR) is 135 cm³/mol. The predicted octanol–water partition coefficient (Wildman–Crippen LogP) is 7.54. The summed E-state index contributed by atoms with van der Waals surface area (Å²) in [5.74, 6) is 0. The second kappa shape index (κ2) is 8.44. The summed E-state index contributed by atoms with van der Waals surface area (Å²) in [6.45, 7) is 0. The minimum Gasteiger partial charge on any atom is -0.299 e. The molecule has 32 heavy (non-hydrogen) atoms. The average molecular weight is 411 g/mol. The summed E-state index contributed by atoms with van der Waals surface area (Å²) < 4.78 is 0. The maximum absolute atomic E-state index is 8.56. The normalized spacial score (nSPS) is 13.5. The van der Waals surface area contributed by atoms with E-state index in [0.29, 0.717) is 0 Å². The quantitative estimate of drug-likeness (QED) is 0.327. The molecule has 0 atom stereocenters. The van der Waals surface area contributed by atoms with Gasteiger partial charge in [-0.15, -0.1) is 0 Å². The molecule has 4 aromatic carbocycles. The van der Waals surface area contributed by atoms with Crippen LogP contribution >= 0.6 is 0 Å². The van der Waals surface area contributed by atoms with Crippen molar-refractivity contribution < 1.29 is 0 Å². The Morgan fingerprint density at radius 3 is 1.47 bits per heavy atom. The lowest BCUT2D eigenvalue weighted by atomic mass is 9.86. The summed E-state index contributed by atoms with van der Waals surface area (Å²) in [5.41, 5.74) is 8.73. The lowest BCUT2D eigenvalue weighted by molar-refractivity contribution is 1.48. The molecule has 152 valence electrons. The van der Waals surface area contributed by atoms with E-state index in [1.54, 1.807) is 6.08 Å². The van der Waals surface area contributed by atoms with Crippen LogP contribution < -0.4 is 0 Å². The van der Waals surface area contributed by atoms with Gasteiger partial charge in [-0.1, -0.05) is 97.1 Å². The molecule has 0 unspecified atom stereocenters. The molecule has 0 spiro atoms. The van der Waals surface area contributed by atoms with Gasteiger partial charge in [-0.2, -0.15) is 0 Å². The van der Waals surface area contributed by atoms with E-state index >= 15 is 0 Å². The molecule has 0 heterocycles. The number of nitrogens with one attached hydrogen (secondary N) is 2. The molecule has 0 saturated carbocycles. The highest BCUT2D eigenvalue weighted by Crippen LogP contribution is 2.32. The molecule has 0 amide bonds. The number of benzene rings is 4. The molecule has 2 N–H and O–H groups in total. The van der Waals surface area contributed by atoms with Crippen LogP contribution in [0.25, 0.3) is 33.4 Å². The van der Waals surface area contributed by atoms with Gasteiger partial charge in [0.15, 0.2) is 0 Å². The molecule has 1 aliphatic rings. The summed E-state index contributed by atoms with van der Waals surface area (Å²) in [6, 6.07) is 37.1. The Kier molecular flexibility index (Phi) is 5.19. The third kappa shape index (κ3) is 3.86. The summed E-state index contributed by atoms with van der Waals surface area (Å²) in [5, 5.41) is 17.0. The molecular weight excluding hydrogens is 388 g/mol. The van der Waals surface area contributed by atoms with E-state index in [1.807, 2.05) is 60.7 Å². The second-order valence-electron chi connectivity index (χ2n) is 7.84. The molecule has 0 fully saturated rings. The first kappa shape index (κ1) is 19.7. The van der Waals surface area contributed by atoms with Crippen LogP contribution in [0.3, 0.4) is 0 Å². The Morgan fingerprint density at radius 1 is 0.406 bits per heavy atom. The highest BCUT2D eigenvalue weighted by Gasteiger charge is 2.19. The SMILES string of the molecule is N=C1C=C(c2cccc(-c3ccccc3)c2)C=C(c2cccc(-c3ccccc3)c2)C1=N. The fourth-order valence-electron chi connectivity index (χ4n) is 4.04. The van der Waals surface area contributed by atoms with Crippen LogP contribution in [-0.4, -0.2) is 11.4 Å². The van der Waals surface area contributed by atoms with Crippen LogP contribution in [0, 0.1) is 10.8 Å². The van der Waals surface area contributed by atoms with Crippen molar-refractivity contribution in [2.75, 3.05) is 0 Å². The van der Waals surface area contributed by atoms with Gasteiger partial charge in [-0.3, -0.25) is 10.8 Å². The topological polar surface area (TPSA) is 47.7 Å². The molecule has 0 saturated heterocycles. The Labute approximate surface area is 188 Å². The lowest BCUT2D eigenvalue weighted by Crippen LogP contribution is -2.15. The standard InChI is InChI=1S/C30H22N2/c31-29-20-27(25-15-7-13-23(17-25)21-9-3-1-4-10-21)19-28(30(29)32)26-16-8-14-24(18-26)22-11-5-2-6-12-22/h1-20,31-32H. The van der Waals surface area contributed by atoms with E-state index in [1.165, 1.54) is 0 Å². The maximum atomic E-state index is 8.56. The van der Waals surface area contributed by atoms with Gasteiger partial charge in [0.2, 0.25) is 0 Å². The van der Waals surface area contributed by atoms with Gasteiger partial charge in [-0.25, -0.2) is 0 Å². The Morgan fingerprint density at radius 2 is 0.875 bits per heavy atom. The highest BCUT2D eigenvalue weighted by atomic mass is 14.5. The first-order valence-corrected chi connectivity index (χ1v) is 10.6. The molecular formula is C30H22N2. The first-order chi connectivity index (χ1) is 15.7. The van der Waals surface area contributed by atoms with Crippen LogP contribution in [-0.2, 0) is 0 Å². The van der Waals surface area contributed by atoms with Crippen molar-refractivity contribution in [2.45, 2.75) is 0 Å². The van der Waals surface area contributed by atoms with E-state index in [2.05, 4.69) is 54.6 Å². The number of allylic oxidation sites excluding steroid dienone is 4. The van der Waals surface area contributed by atoms with Crippen LogP contribution in [0.5, 0.6) is 0 Å². The van der Waals surface area contributed by atoms with Crippen LogP contribution in [0.2, 0.25) is 0 Å². The smallest absolute Gasteiger partial charge is 0.0867 e. The fourth-order valence-corrected chi connectivity index (χ4v) is 4.04. The highest BCUT2D eigenvalue weighted by molar-refractivity contribution is 6.61. The van der Waals surface area contributed by atoms with Crippen molar-refractivity contribution in [1.82, 2.24) is 0 Å². The molecule has 5 rings (SSSR count). The molecule has 0 aliphatic heterocycles. The third-order valence-electron chi connectivity index (χ3n) is 5.72. The van der Waals surface area contributed by atoms with Gasteiger partial charge in [0.1, 0.15) is 0 Å². The average Bonchev–Trinajstić information content (AvgIpc) is 2.87. The molecule has 1 aliphatic carbocycles. The molecule has 0 bridgehead atoms. The summed E-state index contributed by atoms with van der Waals surface area (Å²) >= 11 is 0. The third-order valence-corrected chi connectivity index (χ3v) is 5.72. The zero-order valence-electron chi connectivity index (χ0n) is 17.5. The summed E-state index contributed by atoms with van der Waals surface area (Å²) in [7, 11) is 0. The fraction of sp³-hybridized carbons (Fsp3) is 0. The maximum Gasteiger partial charge on any atom is 0.0867 e. The minimum atomic E-state index is 0.229. The summed E-state index contributed by atoms with van der Waals surface area (Å²) in [6.07, 6.45) is 3.82. The van der Waals surface area contributed by atoms with E-state index in [0.717, 1.165) is 44.5 Å². The van der Waals surface area contributed by atoms with Crippen molar-refractivity contribution >= 4 is 22.6 Å². The molecule has 2 heteroatoms. The summed E-state index contributed by atoms with van der Waals surface area (Å²) in [4.78, 5) is 0. The van der Waals surface area contributed by atoms with E-state index in [9.17, 15) is 0 Å². The molecule has 0 aromatic heterocycles. The number of hydrogen-bond donors (Lipinski definition) is 2. The van der Waals surface area contributed by atoms with Crippen molar-refractivity contribution in [3.8, 4) is 22.3 Å². The Balaban J connectivity index is 1.56. The first-order valence-electron chi connectivity index (χ1n) is 10.6. The van der Waals surface area contributed by atoms with Crippen LogP contribution in [0.1, 0.15) is 11.1 Å². The van der Waals surface area contributed by atoms with Gasteiger partial charge < -0.3 is 0 Å². The zero-order valence-corrected chi connectivity index (χ0v) is 17.5.